The van der Waals surface area contributed by atoms with E-state index in [1.165, 1.54) is 23.8 Å². The third-order valence-electron chi connectivity index (χ3n) is 3.81. The Bertz CT molecular complexity index is 663. The van der Waals surface area contributed by atoms with E-state index in [2.05, 4.69) is 0 Å². The van der Waals surface area contributed by atoms with Gasteiger partial charge in [0.25, 0.3) is 5.91 Å². The average Bonchev–Trinajstić information content (AvgIpc) is 2.59. The summed E-state index contributed by atoms with van der Waals surface area (Å²) in [6, 6.07) is 7.47. The lowest BCUT2D eigenvalue weighted by Crippen LogP contribution is -2.59. The summed E-state index contributed by atoms with van der Waals surface area (Å²) in [5, 5.41) is 8.79. The van der Waals surface area contributed by atoms with Crippen LogP contribution in [0.5, 0.6) is 0 Å². The van der Waals surface area contributed by atoms with E-state index >= 15 is 0 Å². The fraction of sp³-hybridized carbons (Fsp3) is 0.375. The Morgan fingerprint density at radius 3 is 2.39 bits per heavy atom. The van der Waals surface area contributed by atoms with Gasteiger partial charge in [0, 0.05) is 25.6 Å². The summed E-state index contributed by atoms with van der Waals surface area (Å²) in [5.41, 5.74) is 0.902. The molecule has 2 amide bonds. The van der Waals surface area contributed by atoms with E-state index in [0.717, 1.165) is 0 Å². The third-order valence-corrected chi connectivity index (χ3v) is 3.81. The zero-order chi connectivity index (χ0) is 17.0. The standard InChI is InChI=1S/C16H17N3O4/c1-11(20)19-8-7-18(10-14(19)16(22)23-2)15(21)13-5-3-12(9-17)4-6-13/h3-6,14H,7-8,10H2,1-2H3. The van der Waals surface area contributed by atoms with E-state index in [1.54, 1.807) is 24.3 Å². The van der Waals surface area contributed by atoms with Crippen LogP contribution in [0.2, 0.25) is 0 Å². The van der Waals surface area contributed by atoms with Crippen LogP contribution in [0.15, 0.2) is 24.3 Å². The molecule has 0 aliphatic carbocycles. The maximum absolute atomic E-state index is 12.5. The van der Waals surface area contributed by atoms with Gasteiger partial charge < -0.3 is 14.5 Å². The van der Waals surface area contributed by atoms with E-state index in [-0.39, 0.29) is 24.9 Å². The molecule has 1 aromatic rings. The Labute approximate surface area is 134 Å². The summed E-state index contributed by atoms with van der Waals surface area (Å²) >= 11 is 0. The van der Waals surface area contributed by atoms with Gasteiger partial charge in [-0.15, -0.1) is 0 Å². The van der Waals surface area contributed by atoms with Crippen molar-refractivity contribution in [3.63, 3.8) is 0 Å². The van der Waals surface area contributed by atoms with Gasteiger partial charge in [-0.3, -0.25) is 9.59 Å². The summed E-state index contributed by atoms with van der Waals surface area (Å²) in [6.07, 6.45) is 0. The molecule has 0 radical (unpaired) electrons. The number of piperazine rings is 1. The van der Waals surface area contributed by atoms with Crippen LogP contribution in [0.3, 0.4) is 0 Å². The van der Waals surface area contributed by atoms with Gasteiger partial charge >= 0.3 is 5.97 Å². The lowest BCUT2D eigenvalue weighted by molar-refractivity contribution is -0.154. The van der Waals surface area contributed by atoms with Gasteiger partial charge in [-0.1, -0.05) is 0 Å². The third kappa shape index (κ3) is 3.48. The molecule has 0 spiro atoms. The Morgan fingerprint density at radius 2 is 1.87 bits per heavy atom. The quantitative estimate of drug-likeness (QED) is 0.737. The number of carbonyl (C=O) groups excluding carboxylic acids is 3. The first-order chi connectivity index (χ1) is 11.0. The van der Waals surface area contributed by atoms with Crippen molar-refractivity contribution >= 4 is 17.8 Å². The van der Waals surface area contributed by atoms with Gasteiger partial charge in [-0.2, -0.15) is 5.26 Å². The van der Waals surface area contributed by atoms with E-state index in [9.17, 15) is 14.4 Å². The Balaban J connectivity index is 2.17. The number of amides is 2. The number of nitrogens with zero attached hydrogens (tertiary/aromatic N) is 3. The van der Waals surface area contributed by atoms with Gasteiger partial charge in [-0.25, -0.2) is 4.79 Å². The van der Waals surface area contributed by atoms with Crippen LogP contribution in [0.4, 0.5) is 0 Å². The largest absolute Gasteiger partial charge is 0.467 e. The molecular weight excluding hydrogens is 298 g/mol. The number of esters is 1. The van der Waals surface area contributed by atoms with Crippen LogP contribution in [0.25, 0.3) is 0 Å². The normalized spacial score (nSPS) is 17.3. The van der Waals surface area contributed by atoms with Crippen molar-refractivity contribution in [3.8, 4) is 6.07 Å². The summed E-state index contributed by atoms with van der Waals surface area (Å²) in [6.45, 7) is 2.09. The van der Waals surface area contributed by atoms with Gasteiger partial charge in [0.15, 0.2) is 0 Å². The molecule has 7 nitrogen and oxygen atoms in total. The Kier molecular flexibility index (Phi) is 4.96. The molecule has 1 saturated heterocycles. The SMILES string of the molecule is COC(=O)C1CN(C(=O)c2ccc(C#N)cc2)CCN1C(C)=O. The monoisotopic (exact) mass is 315 g/mol. The van der Waals surface area contributed by atoms with E-state index in [1.807, 2.05) is 6.07 Å². The molecule has 0 bridgehead atoms. The van der Waals surface area contributed by atoms with Crippen LogP contribution in [-0.4, -0.2) is 60.4 Å². The first-order valence-corrected chi connectivity index (χ1v) is 7.12. The number of carbonyl (C=O) groups is 3. The number of methoxy groups -OCH3 is 1. The molecule has 1 aliphatic rings. The zero-order valence-electron chi connectivity index (χ0n) is 13.0. The molecule has 1 atom stereocenters. The lowest BCUT2D eigenvalue weighted by Gasteiger charge is -2.39. The topological polar surface area (TPSA) is 90.7 Å². The minimum absolute atomic E-state index is 0.0884. The van der Waals surface area contributed by atoms with E-state index in [0.29, 0.717) is 17.7 Å². The summed E-state index contributed by atoms with van der Waals surface area (Å²) in [5.74, 6) is -1.02. The second kappa shape index (κ2) is 6.92. The molecule has 2 rings (SSSR count). The van der Waals surface area contributed by atoms with Gasteiger partial charge in [-0.05, 0) is 24.3 Å². The number of benzene rings is 1. The first kappa shape index (κ1) is 16.5. The summed E-state index contributed by atoms with van der Waals surface area (Å²) in [7, 11) is 1.25. The molecule has 1 fully saturated rings. The molecule has 1 aromatic carbocycles. The van der Waals surface area contributed by atoms with Crippen molar-refractivity contribution in [2.75, 3.05) is 26.7 Å². The van der Waals surface area contributed by atoms with Crippen LogP contribution >= 0.6 is 0 Å². The minimum atomic E-state index is -0.798. The molecule has 0 saturated carbocycles. The fourth-order valence-corrected chi connectivity index (χ4v) is 2.55. The van der Waals surface area contributed by atoms with Crippen LogP contribution in [-0.2, 0) is 14.3 Å². The smallest absolute Gasteiger partial charge is 0.330 e. The number of hydrogen-bond acceptors (Lipinski definition) is 5. The van der Waals surface area contributed by atoms with Gasteiger partial charge in [0.2, 0.25) is 5.91 Å². The van der Waals surface area contributed by atoms with Crippen molar-refractivity contribution in [1.82, 2.24) is 9.80 Å². The number of hydrogen-bond donors (Lipinski definition) is 0. The molecule has 0 N–H and O–H groups in total. The van der Waals surface area contributed by atoms with Gasteiger partial charge in [0.05, 0.1) is 25.3 Å². The van der Waals surface area contributed by atoms with Crippen molar-refractivity contribution in [3.05, 3.63) is 35.4 Å². The maximum atomic E-state index is 12.5. The molecule has 23 heavy (non-hydrogen) atoms. The molecule has 120 valence electrons. The van der Waals surface area contributed by atoms with Gasteiger partial charge in [0.1, 0.15) is 6.04 Å². The predicted octanol–water partition coefficient (Wildman–Crippen LogP) is 0.404. The average molecular weight is 315 g/mol. The molecular formula is C16H17N3O4. The Morgan fingerprint density at radius 1 is 1.22 bits per heavy atom. The van der Waals surface area contributed by atoms with Crippen molar-refractivity contribution in [2.24, 2.45) is 0 Å². The zero-order valence-corrected chi connectivity index (χ0v) is 13.0. The molecule has 7 heteroatoms. The number of nitriles is 1. The maximum Gasteiger partial charge on any atom is 0.330 e. The Hall–Kier alpha value is -2.88. The first-order valence-electron chi connectivity index (χ1n) is 7.12. The molecule has 1 heterocycles. The highest BCUT2D eigenvalue weighted by Gasteiger charge is 2.36. The van der Waals surface area contributed by atoms with Crippen LogP contribution in [0, 0.1) is 11.3 Å². The number of ether oxygens (including phenoxy) is 1. The number of rotatable bonds is 2. The lowest BCUT2D eigenvalue weighted by atomic mass is 10.1. The second-order valence-corrected chi connectivity index (χ2v) is 5.19. The van der Waals surface area contributed by atoms with E-state index < -0.39 is 12.0 Å². The highest BCUT2D eigenvalue weighted by atomic mass is 16.5. The van der Waals surface area contributed by atoms with Crippen molar-refractivity contribution in [1.29, 1.82) is 5.26 Å². The fourth-order valence-electron chi connectivity index (χ4n) is 2.55. The van der Waals surface area contributed by atoms with E-state index in [4.69, 9.17) is 10.00 Å². The second-order valence-electron chi connectivity index (χ2n) is 5.19. The van der Waals surface area contributed by atoms with Crippen LogP contribution in [0.1, 0.15) is 22.8 Å². The predicted molar refractivity (Wildman–Crippen MR) is 80.3 cm³/mol. The summed E-state index contributed by atoms with van der Waals surface area (Å²) in [4.78, 5) is 39.0. The highest BCUT2D eigenvalue weighted by Crippen LogP contribution is 2.15. The summed E-state index contributed by atoms with van der Waals surface area (Å²) < 4.78 is 4.73. The molecule has 1 unspecified atom stereocenters. The van der Waals surface area contributed by atoms with Crippen molar-refractivity contribution in [2.45, 2.75) is 13.0 Å². The molecule has 1 aliphatic heterocycles. The van der Waals surface area contributed by atoms with Crippen LogP contribution < -0.4 is 0 Å². The minimum Gasteiger partial charge on any atom is -0.467 e. The molecule has 0 aromatic heterocycles. The highest BCUT2D eigenvalue weighted by molar-refractivity contribution is 5.95. The van der Waals surface area contributed by atoms with Crippen molar-refractivity contribution < 1.29 is 19.1 Å².